The molecule has 1 atom stereocenters. The van der Waals surface area contributed by atoms with Crippen LogP contribution in [0.4, 0.5) is 4.39 Å². The van der Waals surface area contributed by atoms with Crippen molar-refractivity contribution in [2.45, 2.75) is 25.8 Å². The van der Waals surface area contributed by atoms with Crippen molar-refractivity contribution in [1.82, 2.24) is 9.88 Å². The smallest absolute Gasteiger partial charge is 0.227 e. The van der Waals surface area contributed by atoms with Crippen LogP contribution in [0.1, 0.15) is 18.9 Å². The summed E-state index contributed by atoms with van der Waals surface area (Å²) < 4.78 is 37.0. The molecule has 1 saturated heterocycles. The number of fused-ring (bicyclic) bond motifs is 1. The summed E-state index contributed by atoms with van der Waals surface area (Å²) in [6.45, 7) is 2.31. The molecule has 0 radical (unpaired) electrons. The van der Waals surface area contributed by atoms with Crippen molar-refractivity contribution in [3.63, 3.8) is 0 Å². The fourth-order valence-corrected chi connectivity index (χ4v) is 4.98. The maximum absolute atomic E-state index is 13.7. The highest BCUT2D eigenvalue weighted by molar-refractivity contribution is 7.91. The SMILES string of the molecule is CCN(C(=O)Cc1c[nH]c2c(F)cccc12)C1CCS(=O)(=O)C1. The predicted molar refractivity (Wildman–Crippen MR) is 86.4 cm³/mol. The number of benzene rings is 1. The highest BCUT2D eigenvalue weighted by Crippen LogP contribution is 2.23. The van der Waals surface area contributed by atoms with E-state index in [0.29, 0.717) is 23.9 Å². The maximum Gasteiger partial charge on any atom is 0.227 e. The summed E-state index contributed by atoms with van der Waals surface area (Å²) in [5.74, 6) is -0.301. The number of halogens is 1. The first-order chi connectivity index (χ1) is 10.9. The Bertz CT molecular complexity index is 844. The summed E-state index contributed by atoms with van der Waals surface area (Å²) in [6.07, 6.45) is 2.27. The van der Waals surface area contributed by atoms with Crippen LogP contribution in [0.25, 0.3) is 10.9 Å². The van der Waals surface area contributed by atoms with Crippen LogP contribution in [0.5, 0.6) is 0 Å². The fraction of sp³-hybridized carbons (Fsp3) is 0.438. The third-order valence-corrected chi connectivity index (χ3v) is 6.15. The van der Waals surface area contributed by atoms with Gasteiger partial charge in [-0.1, -0.05) is 12.1 Å². The topological polar surface area (TPSA) is 70.2 Å². The quantitative estimate of drug-likeness (QED) is 0.925. The molecule has 1 N–H and O–H groups in total. The molecule has 1 aromatic carbocycles. The predicted octanol–water partition coefficient (Wildman–Crippen LogP) is 1.89. The molecular formula is C16H19FN2O3S. The number of sulfone groups is 1. The zero-order chi connectivity index (χ0) is 16.6. The number of carbonyl (C=O) groups excluding carboxylic acids is 1. The molecule has 1 aromatic heterocycles. The van der Waals surface area contributed by atoms with Gasteiger partial charge in [-0.2, -0.15) is 0 Å². The maximum atomic E-state index is 13.7. The number of rotatable bonds is 4. The molecule has 1 aliphatic rings. The van der Waals surface area contributed by atoms with Crippen molar-refractivity contribution in [1.29, 1.82) is 0 Å². The molecule has 7 heteroatoms. The molecule has 0 spiro atoms. The minimum atomic E-state index is -3.04. The Kier molecular flexibility index (Phi) is 4.14. The van der Waals surface area contributed by atoms with E-state index in [-0.39, 0.29) is 35.7 Å². The van der Waals surface area contributed by atoms with E-state index < -0.39 is 9.84 Å². The molecular weight excluding hydrogens is 319 g/mol. The molecule has 0 saturated carbocycles. The number of amides is 1. The van der Waals surface area contributed by atoms with Crippen molar-refractivity contribution in [2.75, 3.05) is 18.1 Å². The Hall–Kier alpha value is -1.89. The largest absolute Gasteiger partial charge is 0.359 e. The highest BCUT2D eigenvalue weighted by Gasteiger charge is 2.33. The van der Waals surface area contributed by atoms with Gasteiger partial charge in [0.1, 0.15) is 5.82 Å². The van der Waals surface area contributed by atoms with Gasteiger partial charge >= 0.3 is 0 Å². The number of hydrogen-bond donors (Lipinski definition) is 1. The lowest BCUT2D eigenvalue weighted by atomic mass is 10.1. The van der Waals surface area contributed by atoms with E-state index in [4.69, 9.17) is 0 Å². The lowest BCUT2D eigenvalue weighted by molar-refractivity contribution is -0.132. The van der Waals surface area contributed by atoms with E-state index in [2.05, 4.69) is 4.98 Å². The first-order valence-electron chi connectivity index (χ1n) is 7.65. The molecule has 1 aliphatic heterocycles. The number of aromatic amines is 1. The lowest BCUT2D eigenvalue weighted by Crippen LogP contribution is -2.41. The second-order valence-corrected chi connectivity index (χ2v) is 8.12. The van der Waals surface area contributed by atoms with Gasteiger partial charge in [-0.3, -0.25) is 4.79 Å². The lowest BCUT2D eigenvalue weighted by Gasteiger charge is -2.26. The van der Waals surface area contributed by atoms with Gasteiger partial charge in [0, 0.05) is 24.2 Å². The Labute approximate surface area is 134 Å². The van der Waals surface area contributed by atoms with Crippen LogP contribution in [0.3, 0.4) is 0 Å². The second-order valence-electron chi connectivity index (χ2n) is 5.89. The van der Waals surface area contributed by atoms with E-state index >= 15 is 0 Å². The zero-order valence-electron chi connectivity index (χ0n) is 12.9. The van der Waals surface area contributed by atoms with Crippen molar-refractivity contribution < 1.29 is 17.6 Å². The molecule has 0 bridgehead atoms. The number of likely N-dealkylation sites (N-methyl/N-ethyl adjacent to an activating group) is 1. The molecule has 23 heavy (non-hydrogen) atoms. The zero-order valence-corrected chi connectivity index (χ0v) is 13.7. The van der Waals surface area contributed by atoms with Gasteiger partial charge in [-0.25, -0.2) is 12.8 Å². The van der Waals surface area contributed by atoms with E-state index in [1.165, 1.54) is 6.07 Å². The summed E-state index contributed by atoms with van der Waals surface area (Å²) >= 11 is 0. The number of para-hydroxylation sites is 1. The van der Waals surface area contributed by atoms with E-state index in [1.54, 1.807) is 23.2 Å². The van der Waals surface area contributed by atoms with E-state index in [1.807, 2.05) is 6.92 Å². The Morgan fingerprint density at radius 1 is 1.43 bits per heavy atom. The van der Waals surface area contributed by atoms with Crippen LogP contribution in [0.15, 0.2) is 24.4 Å². The molecule has 2 aromatic rings. The van der Waals surface area contributed by atoms with Gasteiger partial charge < -0.3 is 9.88 Å². The van der Waals surface area contributed by atoms with E-state index in [9.17, 15) is 17.6 Å². The number of carbonyl (C=O) groups is 1. The summed E-state index contributed by atoms with van der Waals surface area (Å²) in [5.41, 5.74) is 1.12. The molecule has 124 valence electrons. The summed E-state index contributed by atoms with van der Waals surface area (Å²) in [7, 11) is -3.04. The van der Waals surface area contributed by atoms with Gasteiger partial charge in [0.15, 0.2) is 9.84 Å². The first-order valence-corrected chi connectivity index (χ1v) is 9.48. The minimum absolute atomic E-state index is 0.0368. The molecule has 1 fully saturated rings. The minimum Gasteiger partial charge on any atom is -0.359 e. The fourth-order valence-electron chi connectivity index (χ4n) is 3.25. The number of nitrogens with zero attached hydrogens (tertiary/aromatic N) is 1. The number of H-pyrrole nitrogens is 1. The molecule has 5 nitrogen and oxygen atoms in total. The van der Waals surface area contributed by atoms with Crippen molar-refractivity contribution in [3.8, 4) is 0 Å². The van der Waals surface area contributed by atoms with Gasteiger partial charge in [0.05, 0.1) is 23.4 Å². The van der Waals surface area contributed by atoms with Crippen molar-refractivity contribution >= 4 is 26.6 Å². The highest BCUT2D eigenvalue weighted by atomic mass is 32.2. The third-order valence-electron chi connectivity index (χ3n) is 4.40. The monoisotopic (exact) mass is 338 g/mol. The molecule has 2 heterocycles. The van der Waals surface area contributed by atoms with Crippen LogP contribution in [0.2, 0.25) is 0 Å². The van der Waals surface area contributed by atoms with Crippen LogP contribution in [-0.4, -0.2) is 48.3 Å². The van der Waals surface area contributed by atoms with E-state index in [0.717, 1.165) is 5.56 Å². The Balaban J connectivity index is 1.80. The van der Waals surface area contributed by atoms with Crippen LogP contribution in [-0.2, 0) is 21.1 Å². The van der Waals surface area contributed by atoms with Crippen LogP contribution in [0, 0.1) is 5.82 Å². The molecule has 1 unspecified atom stereocenters. The molecule has 3 rings (SSSR count). The first kappa shape index (κ1) is 16.0. The number of aromatic nitrogens is 1. The van der Waals surface area contributed by atoms with Crippen molar-refractivity contribution in [2.24, 2.45) is 0 Å². The van der Waals surface area contributed by atoms with Gasteiger partial charge in [-0.05, 0) is 25.0 Å². The summed E-state index contributed by atoms with van der Waals surface area (Å²) in [4.78, 5) is 17.1. The van der Waals surface area contributed by atoms with Crippen LogP contribution >= 0.6 is 0 Å². The van der Waals surface area contributed by atoms with Gasteiger partial charge in [-0.15, -0.1) is 0 Å². The van der Waals surface area contributed by atoms with Crippen LogP contribution < -0.4 is 0 Å². The number of nitrogens with one attached hydrogen (secondary N) is 1. The van der Waals surface area contributed by atoms with Crippen molar-refractivity contribution in [3.05, 3.63) is 35.8 Å². The number of hydrogen-bond acceptors (Lipinski definition) is 3. The average Bonchev–Trinajstić information content (AvgIpc) is 3.05. The average molecular weight is 338 g/mol. The summed E-state index contributed by atoms with van der Waals surface area (Å²) in [6, 6.07) is 4.50. The normalized spacial score (nSPS) is 20.0. The summed E-state index contributed by atoms with van der Waals surface area (Å²) in [5, 5.41) is 0.688. The standard InChI is InChI=1S/C16H19FN2O3S/c1-2-19(12-6-7-23(21,22)10-12)15(20)8-11-9-18-16-13(11)4-3-5-14(16)17/h3-5,9,12,18H,2,6-8,10H2,1H3. The third kappa shape index (κ3) is 3.10. The Morgan fingerprint density at radius 2 is 2.22 bits per heavy atom. The molecule has 1 amide bonds. The Morgan fingerprint density at radius 3 is 2.87 bits per heavy atom. The van der Waals surface area contributed by atoms with Gasteiger partial charge in [0.25, 0.3) is 0 Å². The molecule has 0 aliphatic carbocycles. The second kappa shape index (κ2) is 5.96. The van der Waals surface area contributed by atoms with Gasteiger partial charge in [0.2, 0.25) is 5.91 Å².